The van der Waals surface area contributed by atoms with E-state index in [-0.39, 0.29) is 0 Å². The van der Waals surface area contributed by atoms with Crippen LogP contribution in [0.2, 0.25) is 0 Å². The molecular weight excluding hydrogens is 156 g/mol. The van der Waals surface area contributed by atoms with E-state index in [1.165, 1.54) is 25.7 Å². The normalized spacial score (nSPS) is 11.5. The molecule has 0 heteroatoms. The number of rotatable bonds is 8. The van der Waals surface area contributed by atoms with Crippen LogP contribution in [0.1, 0.15) is 45.4 Å². The number of hydrogen-bond acceptors (Lipinski definition) is 0. The van der Waals surface area contributed by atoms with E-state index < -0.39 is 0 Å². The molecule has 0 aromatic rings. The molecule has 0 N–H and O–H groups in total. The fourth-order valence-electron chi connectivity index (χ4n) is 1.13. The lowest BCUT2D eigenvalue weighted by Crippen LogP contribution is -1.71. The van der Waals surface area contributed by atoms with Gasteiger partial charge in [-0.1, -0.05) is 56.7 Å². The first-order valence-corrected chi connectivity index (χ1v) is 5.34. The van der Waals surface area contributed by atoms with Gasteiger partial charge in [0.15, 0.2) is 0 Å². The number of unbranched alkanes of at least 4 members (excludes halogenated alkanes) is 4. The van der Waals surface area contributed by atoms with E-state index in [1.807, 2.05) is 12.2 Å². The summed E-state index contributed by atoms with van der Waals surface area (Å²) in [6, 6.07) is 0. The third-order valence-corrected chi connectivity index (χ3v) is 1.91. The molecule has 13 heavy (non-hydrogen) atoms. The summed E-state index contributed by atoms with van der Waals surface area (Å²) in [6.07, 6.45) is 18.1. The molecule has 0 heterocycles. The van der Waals surface area contributed by atoms with E-state index in [0.29, 0.717) is 0 Å². The Morgan fingerprint density at radius 2 is 1.62 bits per heavy atom. The van der Waals surface area contributed by atoms with Gasteiger partial charge in [-0.05, 0) is 25.7 Å². The molecule has 0 radical (unpaired) electrons. The first-order chi connectivity index (χ1) is 6.41. The molecule has 0 aliphatic heterocycles. The standard InChI is InChI=1S/C13H22/c1-3-5-7-9-11-13-12-10-8-6-4-2/h3,5,7,12-13H,1,4,6,8-11H2,2H3. The van der Waals surface area contributed by atoms with Crippen molar-refractivity contribution in [3.8, 4) is 0 Å². The van der Waals surface area contributed by atoms with Gasteiger partial charge in [-0.25, -0.2) is 0 Å². The van der Waals surface area contributed by atoms with Crippen LogP contribution >= 0.6 is 0 Å². The van der Waals surface area contributed by atoms with Crippen molar-refractivity contribution in [2.45, 2.75) is 45.4 Å². The second-order valence-corrected chi connectivity index (χ2v) is 3.21. The van der Waals surface area contributed by atoms with Crippen LogP contribution in [0.25, 0.3) is 0 Å². The van der Waals surface area contributed by atoms with Crippen molar-refractivity contribution in [3.05, 3.63) is 37.0 Å². The van der Waals surface area contributed by atoms with Gasteiger partial charge in [0.25, 0.3) is 0 Å². The minimum absolute atomic E-state index is 1.14. The zero-order valence-electron chi connectivity index (χ0n) is 8.84. The van der Waals surface area contributed by atoms with Crippen molar-refractivity contribution >= 4 is 0 Å². The highest BCUT2D eigenvalue weighted by Gasteiger charge is 1.81. The van der Waals surface area contributed by atoms with Gasteiger partial charge in [0.2, 0.25) is 0 Å². The quantitative estimate of drug-likeness (QED) is 0.288. The van der Waals surface area contributed by atoms with E-state index in [4.69, 9.17) is 0 Å². The van der Waals surface area contributed by atoms with E-state index in [0.717, 1.165) is 12.8 Å². The minimum Gasteiger partial charge on any atom is -0.0991 e. The lowest BCUT2D eigenvalue weighted by Gasteiger charge is -1.91. The summed E-state index contributed by atoms with van der Waals surface area (Å²) in [5.74, 6) is 0. The topological polar surface area (TPSA) is 0 Å². The van der Waals surface area contributed by atoms with Crippen LogP contribution in [0.5, 0.6) is 0 Å². The SMILES string of the molecule is C=CC=CCCC=CCCCCC. The Kier molecular flexibility index (Phi) is 10.5. The van der Waals surface area contributed by atoms with Gasteiger partial charge in [0.1, 0.15) is 0 Å². The van der Waals surface area contributed by atoms with Crippen LogP contribution in [0.3, 0.4) is 0 Å². The molecule has 0 saturated heterocycles. The largest absolute Gasteiger partial charge is 0.0991 e. The van der Waals surface area contributed by atoms with E-state index in [2.05, 4.69) is 31.7 Å². The zero-order chi connectivity index (χ0) is 9.78. The summed E-state index contributed by atoms with van der Waals surface area (Å²) in [5.41, 5.74) is 0. The molecule has 0 rings (SSSR count). The first kappa shape index (κ1) is 12.2. The summed E-state index contributed by atoms with van der Waals surface area (Å²) < 4.78 is 0. The lowest BCUT2D eigenvalue weighted by molar-refractivity contribution is 0.728. The van der Waals surface area contributed by atoms with Gasteiger partial charge in [0.05, 0.1) is 0 Å². The maximum Gasteiger partial charge on any atom is -0.0313 e. The molecule has 0 aliphatic carbocycles. The molecule has 0 unspecified atom stereocenters. The molecular formula is C13H22. The van der Waals surface area contributed by atoms with Gasteiger partial charge in [-0.3, -0.25) is 0 Å². The molecule has 0 fully saturated rings. The van der Waals surface area contributed by atoms with Crippen LogP contribution < -0.4 is 0 Å². The molecule has 0 spiro atoms. The predicted octanol–water partition coefficient (Wildman–Crippen LogP) is 4.65. The summed E-state index contributed by atoms with van der Waals surface area (Å²) in [6.45, 7) is 5.86. The third kappa shape index (κ3) is 11.2. The molecule has 0 bridgehead atoms. The van der Waals surface area contributed by atoms with Crippen LogP contribution in [0.15, 0.2) is 37.0 Å². The van der Waals surface area contributed by atoms with E-state index in [1.54, 1.807) is 0 Å². The smallest absolute Gasteiger partial charge is 0.0313 e. The first-order valence-electron chi connectivity index (χ1n) is 5.34. The van der Waals surface area contributed by atoms with Gasteiger partial charge in [-0.2, -0.15) is 0 Å². The van der Waals surface area contributed by atoms with Crippen LogP contribution in [0.4, 0.5) is 0 Å². The summed E-state index contributed by atoms with van der Waals surface area (Å²) >= 11 is 0. The Bertz CT molecular complexity index is 151. The summed E-state index contributed by atoms with van der Waals surface area (Å²) in [7, 11) is 0. The van der Waals surface area contributed by atoms with E-state index >= 15 is 0 Å². The maximum atomic E-state index is 3.62. The summed E-state index contributed by atoms with van der Waals surface area (Å²) in [4.78, 5) is 0. The fourth-order valence-corrected chi connectivity index (χ4v) is 1.13. The number of hydrogen-bond donors (Lipinski definition) is 0. The molecule has 0 atom stereocenters. The lowest BCUT2D eigenvalue weighted by atomic mass is 10.2. The van der Waals surface area contributed by atoms with Gasteiger partial charge >= 0.3 is 0 Å². The van der Waals surface area contributed by atoms with Crippen molar-refractivity contribution in [1.29, 1.82) is 0 Å². The van der Waals surface area contributed by atoms with E-state index in [9.17, 15) is 0 Å². The Labute approximate surface area is 83.0 Å². The minimum atomic E-state index is 1.14. The van der Waals surface area contributed by atoms with Crippen molar-refractivity contribution < 1.29 is 0 Å². The molecule has 0 aromatic carbocycles. The van der Waals surface area contributed by atoms with Gasteiger partial charge in [0, 0.05) is 0 Å². The molecule has 0 aliphatic rings. The second kappa shape index (κ2) is 11.2. The highest BCUT2D eigenvalue weighted by Crippen LogP contribution is 2.01. The highest BCUT2D eigenvalue weighted by molar-refractivity contribution is 4.98. The maximum absolute atomic E-state index is 3.62. The monoisotopic (exact) mass is 178 g/mol. The Hall–Kier alpha value is -0.780. The average molecular weight is 178 g/mol. The second-order valence-electron chi connectivity index (χ2n) is 3.21. The van der Waals surface area contributed by atoms with Crippen molar-refractivity contribution in [1.82, 2.24) is 0 Å². The Balaban J connectivity index is 3.12. The Morgan fingerprint density at radius 3 is 2.31 bits per heavy atom. The van der Waals surface area contributed by atoms with Gasteiger partial charge < -0.3 is 0 Å². The van der Waals surface area contributed by atoms with Crippen molar-refractivity contribution in [2.75, 3.05) is 0 Å². The zero-order valence-corrected chi connectivity index (χ0v) is 8.84. The van der Waals surface area contributed by atoms with Crippen molar-refractivity contribution in [2.24, 2.45) is 0 Å². The van der Waals surface area contributed by atoms with Crippen LogP contribution in [-0.2, 0) is 0 Å². The molecule has 0 amide bonds. The molecule has 0 saturated carbocycles. The fraction of sp³-hybridized carbons (Fsp3) is 0.538. The Morgan fingerprint density at radius 1 is 0.923 bits per heavy atom. The highest BCUT2D eigenvalue weighted by atomic mass is 13.9. The van der Waals surface area contributed by atoms with Crippen molar-refractivity contribution in [3.63, 3.8) is 0 Å². The van der Waals surface area contributed by atoms with Gasteiger partial charge in [-0.15, -0.1) is 0 Å². The molecule has 0 nitrogen and oxygen atoms in total. The predicted molar refractivity (Wildman–Crippen MR) is 61.9 cm³/mol. The molecule has 0 aromatic heterocycles. The molecule has 74 valence electrons. The van der Waals surface area contributed by atoms with Crippen LogP contribution in [0, 0.1) is 0 Å². The third-order valence-electron chi connectivity index (χ3n) is 1.91. The number of allylic oxidation sites excluding steroid dienone is 5. The summed E-state index contributed by atoms with van der Waals surface area (Å²) in [5, 5.41) is 0. The average Bonchev–Trinajstić information content (AvgIpc) is 2.16. The van der Waals surface area contributed by atoms with Crippen LogP contribution in [-0.4, -0.2) is 0 Å².